The van der Waals surface area contributed by atoms with Gasteiger partial charge in [-0.25, -0.2) is 0 Å². The number of benzene rings is 1. The summed E-state index contributed by atoms with van der Waals surface area (Å²) in [4.78, 5) is 1.28. The maximum absolute atomic E-state index is 5.62. The van der Waals surface area contributed by atoms with Crippen LogP contribution in [0.2, 0.25) is 0 Å². The standard InChI is InChI=1S/C12H16BrNOS/c13-12-6-11(4-3-9(12)7-14)16-8-10-2-1-5-15-10/h3-4,6,10H,1-2,5,7-8,14H2. The van der Waals surface area contributed by atoms with Crippen molar-refractivity contribution < 1.29 is 4.74 Å². The van der Waals surface area contributed by atoms with E-state index in [1.807, 2.05) is 11.8 Å². The molecule has 88 valence electrons. The van der Waals surface area contributed by atoms with E-state index in [1.165, 1.54) is 17.7 Å². The molecule has 1 aromatic rings. The molecule has 0 bridgehead atoms. The minimum Gasteiger partial charge on any atom is -0.377 e. The van der Waals surface area contributed by atoms with Gasteiger partial charge in [-0.3, -0.25) is 0 Å². The lowest BCUT2D eigenvalue weighted by molar-refractivity contribution is 0.129. The molecule has 2 rings (SSSR count). The Morgan fingerprint density at radius 2 is 2.38 bits per heavy atom. The van der Waals surface area contributed by atoms with Crippen LogP contribution in [0.1, 0.15) is 18.4 Å². The van der Waals surface area contributed by atoms with Crippen LogP contribution in [0.4, 0.5) is 0 Å². The zero-order valence-corrected chi connectivity index (χ0v) is 11.5. The highest BCUT2D eigenvalue weighted by atomic mass is 79.9. The van der Waals surface area contributed by atoms with E-state index in [-0.39, 0.29) is 0 Å². The number of rotatable bonds is 4. The normalized spacial score (nSPS) is 20.2. The summed E-state index contributed by atoms with van der Waals surface area (Å²) in [5.74, 6) is 1.05. The molecule has 0 aromatic heterocycles. The third kappa shape index (κ3) is 3.23. The first kappa shape index (κ1) is 12.4. The summed E-state index contributed by atoms with van der Waals surface area (Å²) in [7, 11) is 0. The molecular formula is C12H16BrNOS. The Labute approximate surface area is 109 Å². The molecule has 1 aliphatic rings. The van der Waals surface area contributed by atoms with Crippen LogP contribution in [0.25, 0.3) is 0 Å². The van der Waals surface area contributed by atoms with E-state index in [1.54, 1.807) is 0 Å². The summed E-state index contributed by atoms with van der Waals surface area (Å²) in [6.07, 6.45) is 2.86. The molecule has 0 spiro atoms. The van der Waals surface area contributed by atoms with Gasteiger partial charge < -0.3 is 10.5 Å². The molecule has 0 aliphatic carbocycles. The Hall–Kier alpha value is -0.0300. The maximum Gasteiger partial charge on any atom is 0.0669 e. The number of halogens is 1. The Morgan fingerprint density at radius 1 is 1.50 bits per heavy atom. The number of hydrogen-bond acceptors (Lipinski definition) is 3. The molecule has 1 aromatic carbocycles. The molecule has 0 radical (unpaired) electrons. The second-order valence-electron chi connectivity index (χ2n) is 3.90. The molecule has 16 heavy (non-hydrogen) atoms. The van der Waals surface area contributed by atoms with Crippen LogP contribution >= 0.6 is 27.7 Å². The average Bonchev–Trinajstić information content (AvgIpc) is 2.79. The molecule has 1 atom stereocenters. The first-order chi connectivity index (χ1) is 7.79. The number of ether oxygens (including phenoxy) is 1. The van der Waals surface area contributed by atoms with Crippen molar-refractivity contribution in [1.82, 2.24) is 0 Å². The molecule has 4 heteroatoms. The third-order valence-electron chi connectivity index (χ3n) is 2.70. The summed E-state index contributed by atoms with van der Waals surface area (Å²) < 4.78 is 6.70. The molecule has 1 aliphatic heterocycles. The molecule has 2 nitrogen and oxygen atoms in total. The largest absolute Gasteiger partial charge is 0.377 e. The Kier molecular flexibility index (Phi) is 4.70. The SMILES string of the molecule is NCc1ccc(SCC2CCCO2)cc1Br. The topological polar surface area (TPSA) is 35.2 Å². The van der Waals surface area contributed by atoms with Crippen molar-refractivity contribution >= 4 is 27.7 Å². The second kappa shape index (κ2) is 6.05. The lowest BCUT2D eigenvalue weighted by Gasteiger charge is -2.09. The quantitative estimate of drug-likeness (QED) is 0.868. The first-order valence-electron chi connectivity index (χ1n) is 5.52. The van der Waals surface area contributed by atoms with Gasteiger partial charge in [-0.05, 0) is 30.5 Å². The predicted octanol–water partition coefficient (Wildman–Crippen LogP) is 3.18. The summed E-state index contributed by atoms with van der Waals surface area (Å²) >= 11 is 5.39. The van der Waals surface area contributed by atoms with Gasteiger partial charge in [0.2, 0.25) is 0 Å². The molecule has 0 saturated carbocycles. The van der Waals surface area contributed by atoms with Crippen molar-refractivity contribution in [2.45, 2.75) is 30.4 Å². The van der Waals surface area contributed by atoms with Gasteiger partial charge in [-0.1, -0.05) is 22.0 Å². The monoisotopic (exact) mass is 301 g/mol. The van der Waals surface area contributed by atoms with Gasteiger partial charge in [0.25, 0.3) is 0 Å². The van der Waals surface area contributed by atoms with Gasteiger partial charge in [0.1, 0.15) is 0 Å². The van der Waals surface area contributed by atoms with Crippen LogP contribution in [0.5, 0.6) is 0 Å². The smallest absolute Gasteiger partial charge is 0.0669 e. The number of nitrogens with two attached hydrogens (primary N) is 1. The molecule has 1 saturated heterocycles. The number of hydrogen-bond donors (Lipinski definition) is 1. The highest BCUT2D eigenvalue weighted by Gasteiger charge is 2.15. The fraction of sp³-hybridized carbons (Fsp3) is 0.500. The van der Waals surface area contributed by atoms with E-state index >= 15 is 0 Å². The minimum atomic E-state index is 0.443. The third-order valence-corrected chi connectivity index (χ3v) is 4.57. The van der Waals surface area contributed by atoms with E-state index in [9.17, 15) is 0 Å². The second-order valence-corrected chi connectivity index (χ2v) is 5.85. The zero-order chi connectivity index (χ0) is 11.4. The van der Waals surface area contributed by atoms with Crippen molar-refractivity contribution in [3.8, 4) is 0 Å². The number of thioether (sulfide) groups is 1. The van der Waals surface area contributed by atoms with E-state index < -0.39 is 0 Å². The first-order valence-corrected chi connectivity index (χ1v) is 7.30. The van der Waals surface area contributed by atoms with Crippen LogP contribution in [0.15, 0.2) is 27.6 Å². The van der Waals surface area contributed by atoms with Crippen LogP contribution < -0.4 is 5.73 Å². The fourth-order valence-electron chi connectivity index (χ4n) is 1.75. The molecule has 1 fully saturated rings. The van der Waals surface area contributed by atoms with Crippen molar-refractivity contribution in [3.63, 3.8) is 0 Å². The van der Waals surface area contributed by atoms with Gasteiger partial charge in [-0.2, -0.15) is 0 Å². The molecular weight excluding hydrogens is 286 g/mol. The lowest BCUT2D eigenvalue weighted by Crippen LogP contribution is -2.07. The Morgan fingerprint density at radius 3 is 3.00 bits per heavy atom. The zero-order valence-electron chi connectivity index (χ0n) is 9.12. The molecule has 1 unspecified atom stereocenters. The van der Waals surface area contributed by atoms with E-state index in [2.05, 4.69) is 34.1 Å². The Balaban J connectivity index is 1.91. The summed E-state index contributed by atoms with van der Waals surface area (Å²) in [6.45, 7) is 1.51. The molecule has 2 N–H and O–H groups in total. The molecule has 1 heterocycles. The van der Waals surface area contributed by atoms with Crippen molar-refractivity contribution in [2.75, 3.05) is 12.4 Å². The highest BCUT2D eigenvalue weighted by molar-refractivity contribution is 9.10. The summed E-state index contributed by atoms with van der Waals surface area (Å²) in [5.41, 5.74) is 6.77. The predicted molar refractivity (Wildman–Crippen MR) is 71.7 cm³/mol. The van der Waals surface area contributed by atoms with Gasteiger partial charge >= 0.3 is 0 Å². The average molecular weight is 302 g/mol. The Bertz CT molecular complexity index is 353. The van der Waals surface area contributed by atoms with Crippen molar-refractivity contribution in [1.29, 1.82) is 0 Å². The lowest BCUT2D eigenvalue weighted by atomic mass is 10.2. The van der Waals surface area contributed by atoms with Gasteiger partial charge in [0.15, 0.2) is 0 Å². The van der Waals surface area contributed by atoms with Crippen LogP contribution in [0.3, 0.4) is 0 Å². The van der Waals surface area contributed by atoms with Gasteiger partial charge in [-0.15, -0.1) is 11.8 Å². The van der Waals surface area contributed by atoms with Crippen LogP contribution in [-0.2, 0) is 11.3 Å². The van der Waals surface area contributed by atoms with Crippen molar-refractivity contribution in [3.05, 3.63) is 28.2 Å². The fourth-order valence-corrected chi connectivity index (χ4v) is 3.45. The summed E-state index contributed by atoms with van der Waals surface area (Å²) in [5, 5.41) is 0. The van der Waals surface area contributed by atoms with E-state index in [4.69, 9.17) is 10.5 Å². The van der Waals surface area contributed by atoms with Crippen LogP contribution in [0, 0.1) is 0 Å². The maximum atomic E-state index is 5.62. The van der Waals surface area contributed by atoms with Gasteiger partial charge in [0.05, 0.1) is 6.10 Å². The van der Waals surface area contributed by atoms with E-state index in [0.717, 1.165) is 22.4 Å². The molecule has 0 amide bonds. The highest BCUT2D eigenvalue weighted by Crippen LogP contribution is 2.27. The van der Waals surface area contributed by atoms with Crippen LogP contribution in [-0.4, -0.2) is 18.5 Å². The van der Waals surface area contributed by atoms with E-state index in [0.29, 0.717) is 12.6 Å². The minimum absolute atomic E-state index is 0.443. The van der Waals surface area contributed by atoms with Crippen molar-refractivity contribution in [2.24, 2.45) is 5.73 Å². The summed E-state index contributed by atoms with van der Waals surface area (Å²) in [6, 6.07) is 6.36. The van der Waals surface area contributed by atoms with Gasteiger partial charge in [0, 0.05) is 28.3 Å².